The summed E-state index contributed by atoms with van der Waals surface area (Å²) in [5.41, 5.74) is 0.459. The van der Waals surface area contributed by atoms with Crippen LogP contribution < -0.4 is 4.31 Å². The smallest absolute Gasteiger partial charge is 0.276 e. The van der Waals surface area contributed by atoms with E-state index in [9.17, 15) is 17.2 Å². The highest BCUT2D eigenvalue weighted by Crippen LogP contribution is 2.44. The molecule has 1 unspecified atom stereocenters. The highest BCUT2D eigenvalue weighted by atomic mass is 79.9. The molecule has 1 aliphatic rings. The van der Waals surface area contributed by atoms with Gasteiger partial charge in [0.1, 0.15) is 6.10 Å². The summed E-state index contributed by atoms with van der Waals surface area (Å²) in [6.07, 6.45) is -0.304. The third-order valence-electron chi connectivity index (χ3n) is 2.90. The van der Waals surface area contributed by atoms with Gasteiger partial charge in [0.05, 0.1) is 25.1 Å². The topological polar surface area (TPSA) is 46.6 Å². The number of hydrogen-bond donors (Lipinski definition) is 0. The van der Waals surface area contributed by atoms with E-state index in [1.165, 1.54) is 0 Å². The Morgan fingerprint density at radius 1 is 1.45 bits per heavy atom. The van der Waals surface area contributed by atoms with Gasteiger partial charge in [-0.1, -0.05) is 12.1 Å². The normalized spacial score (nSPS) is 20.7. The van der Waals surface area contributed by atoms with Crippen molar-refractivity contribution < 1.29 is 21.9 Å². The minimum atomic E-state index is -3.51. The van der Waals surface area contributed by atoms with E-state index in [0.717, 1.165) is 10.6 Å². The molecule has 1 aliphatic carbocycles. The van der Waals surface area contributed by atoms with Crippen molar-refractivity contribution in [2.24, 2.45) is 0 Å². The molecule has 0 spiro atoms. The van der Waals surface area contributed by atoms with Crippen molar-refractivity contribution in [3.8, 4) is 0 Å². The van der Waals surface area contributed by atoms with Crippen LogP contribution in [-0.4, -0.2) is 39.9 Å². The van der Waals surface area contributed by atoms with E-state index in [2.05, 4.69) is 15.9 Å². The second kappa shape index (κ2) is 5.57. The summed E-state index contributed by atoms with van der Waals surface area (Å²) in [6, 6.07) is 6.81. The molecule has 1 aromatic rings. The van der Waals surface area contributed by atoms with Gasteiger partial charge in [0.25, 0.3) is 5.92 Å². The first-order chi connectivity index (χ1) is 9.22. The minimum Gasteiger partial charge on any atom is -0.370 e. The lowest BCUT2D eigenvalue weighted by atomic mass is 10.3. The molecule has 0 amide bonds. The van der Waals surface area contributed by atoms with E-state index in [1.54, 1.807) is 24.3 Å². The third kappa shape index (κ3) is 3.67. The zero-order valence-corrected chi connectivity index (χ0v) is 13.1. The Morgan fingerprint density at radius 2 is 2.05 bits per heavy atom. The van der Waals surface area contributed by atoms with Crippen molar-refractivity contribution >= 4 is 31.6 Å². The average Bonchev–Trinajstić information content (AvgIpc) is 2.92. The Kier molecular flexibility index (Phi) is 4.36. The molecule has 0 radical (unpaired) electrons. The van der Waals surface area contributed by atoms with Crippen LogP contribution in [0.3, 0.4) is 0 Å². The lowest BCUT2D eigenvalue weighted by Crippen LogP contribution is -2.33. The maximum Gasteiger partial charge on any atom is 0.276 e. The number of halogens is 3. The highest BCUT2D eigenvalue weighted by molar-refractivity contribution is 9.10. The molecule has 0 N–H and O–H groups in total. The largest absolute Gasteiger partial charge is 0.370 e. The second-order valence-corrected chi connectivity index (χ2v) is 7.37. The van der Waals surface area contributed by atoms with E-state index >= 15 is 0 Å². The molecule has 0 heterocycles. The van der Waals surface area contributed by atoms with Crippen molar-refractivity contribution in [3.05, 3.63) is 28.7 Å². The summed E-state index contributed by atoms with van der Waals surface area (Å²) >= 11 is 3.27. The Bertz CT molecular complexity index is 594. The van der Waals surface area contributed by atoms with Crippen molar-refractivity contribution in [2.45, 2.75) is 18.4 Å². The van der Waals surface area contributed by atoms with E-state index < -0.39 is 22.0 Å². The van der Waals surface area contributed by atoms with Crippen LogP contribution in [0.15, 0.2) is 28.7 Å². The second-order valence-electron chi connectivity index (χ2n) is 4.61. The molecular weight excluding hydrogens is 356 g/mol. The number of anilines is 1. The average molecular weight is 370 g/mol. The first kappa shape index (κ1) is 15.7. The van der Waals surface area contributed by atoms with Gasteiger partial charge in [-0.15, -0.1) is 0 Å². The Balaban J connectivity index is 2.04. The molecule has 20 heavy (non-hydrogen) atoms. The number of ether oxygens (including phenoxy) is 1. The standard InChI is InChI=1S/C12H14BrF2NO3S/c1-20(17,18)16(10-5-3-2-4-9(10)13)6-7-19-11-8-12(11,14)15/h2-5,11H,6-8H2,1H3. The molecule has 1 saturated carbocycles. The van der Waals surface area contributed by atoms with Gasteiger partial charge in [0, 0.05) is 10.9 Å². The third-order valence-corrected chi connectivity index (χ3v) is 4.75. The Labute approximate surface area is 124 Å². The van der Waals surface area contributed by atoms with Gasteiger partial charge in [-0.3, -0.25) is 4.31 Å². The monoisotopic (exact) mass is 369 g/mol. The van der Waals surface area contributed by atoms with Gasteiger partial charge in [0.15, 0.2) is 0 Å². The lowest BCUT2D eigenvalue weighted by molar-refractivity contribution is 0.0163. The van der Waals surface area contributed by atoms with E-state index in [0.29, 0.717) is 10.2 Å². The molecule has 2 rings (SSSR count). The Morgan fingerprint density at radius 3 is 2.55 bits per heavy atom. The summed E-state index contributed by atoms with van der Waals surface area (Å²) in [4.78, 5) is 0. The molecule has 4 nitrogen and oxygen atoms in total. The van der Waals surface area contributed by atoms with Gasteiger partial charge in [-0.2, -0.15) is 0 Å². The van der Waals surface area contributed by atoms with Crippen LogP contribution in [0.4, 0.5) is 14.5 Å². The molecule has 1 fully saturated rings. The van der Waals surface area contributed by atoms with Gasteiger partial charge in [0.2, 0.25) is 10.0 Å². The van der Waals surface area contributed by atoms with Crippen molar-refractivity contribution in [1.82, 2.24) is 0 Å². The van der Waals surface area contributed by atoms with Crippen LogP contribution in [0.2, 0.25) is 0 Å². The molecule has 112 valence electrons. The number of nitrogens with zero attached hydrogens (tertiary/aromatic N) is 1. The van der Waals surface area contributed by atoms with Gasteiger partial charge < -0.3 is 4.74 Å². The fraction of sp³-hybridized carbons (Fsp3) is 0.500. The fourth-order valence-electron chi connectivity index (χ4n) is 1.77. The van der Waals surface area contributed by atoms with Crippen LogP contribution in [-0.2, 0) is 14.8 Å². The lowest BCUT2D eigenvalue weighted by Gasteiger charge is -2.23. The first-order valence-electron chi connectivity index (χ1n) is 5.93. The zero-order valence-electron chi connectivity index (χ0n) is 10.7. The summed E-state index contributed by atoms with van der Waals surface area (Å²) < 4.78 is 55.7. The number of para-hydroxylation sites is 1. The molecular formula is C12H14BrF2NO3S. The molecule has 1 atom stereocenters. The highest BCUT2D eigenvalue weighted by Gasteiger charge is 2.58. The van der Waals surface area contributed by atoms with Crippen molar-refractivity contribution in [1.29, 1.82) is 0 Å². The van der Waals surface area contributed by atoms with E-state index in [4.69, 9.17) is 4.74 Å². The summed E-state index contributed by atoms with van der Waals surface area (Å²) in [5, 5.41) is 0. The number of hydrogen-bond acceptors (Lipinski definition) is 3. The molecule has 0 aromatic heterocycles. The summed E-state index contributed by atoms with van der Waals surface area (Å²) in [5.74, 6) is -2.76. The SMILES string of the molecule is CS(=O)(=O)N(CCOC1CC1(F)F)c1ccccc1Br. The van der Waals surface area contributed by atoms with E-state index in [1.807, 2.05) is 0 Å². The van der Waals surface area contributed by atoms with Crippen LogP contribution in [0.5, 0.6) is 0 Å². The van der Waals surface area contributed by atoms with E-state index in [-0.39, 0.29) is 19.6 Å². The number of rotatable bonds is 6. The maximum absolute atomic E-state index is 12.7. The van der Waals surface area contributed by atoms with Crippen LogP contribution in [0, 0.1) is 0 Å². The molecule has 0 bridgehead atoms. The van der Waals surface area contributed by atoms with Crippen LogP contribution in [0.25, 0.3) is 0 Å². The summed E-state index contributed by atoms with van der Waals surface area (Å²) in [6.45, 7) is -0.0807. The zero-order chi connectivity index (χ0) is 15.0. The summed E-state index contributed by atoms with van der Waals surface area (Å²) in [7, 11) is -3.51. The number of benzene rings is 1. The number of sulfonamides is 1. The van der Waals surface area contributed by atoms with Gasteiger partial charge in [-0.25, -0.2) is 17.2 Å². The van der Waals surface area contributed by atoms with Crippen molar-refractivity contribution in [2.75, 3.05) is 23.7 Å². The van der Waals surface area contributed by atoms with Gasteiger partial charge in [-0.05, 0) is 28.1 Å². The van der Waals surface area contributed by atoms with Crippen molar-refractivity contribution in [3.63, 3.8) is 0 Å². The maximum atomic E-state index is 12.7. The predicted octanol–water partition coefficient (Wildman–Crippen LogP) is 2.64. The van der Waals surface area contributed by atoms with Crippen LogP contribution >= 0.6 is 15.9 Å². The van der Waals surface area contributed by atoms with Crippen LogP contribution in [0.1, 0.15) is 6.42 Å². The molecule has 8 heteroatoms. The first-order valence-corrected chi connectivity index (χ1v) is 8.57. The number of alkyl halides is 2. The molecule has 0 aliphatic heterocycles. The predicted molar refractivity (Wildman–Crippen MR) is 75.6 cm³/mol. The fourth-order valence-corrected chi connectivity index (χ4v) is 3.30. The minimum absolute atomic E-state index is 0.00593. The quantitative estimate of drug-likeness (QED) is 0.774. The Hall–Kier alpha value is -0.730. The van der Waals surface area contributed by atoms with Gasteiger partial charge >= 0.3 is 0 Å². The molecule has 1 aromatic carbocycles. The molecule has 0 saturated heterocycles.